The normalized spacial score (nSPS) is 19.8. The molecule has 0 spiro atoms. The molecule has 0 saturated carbocycles. The van der Waals surface area contributed by atoms with Crippen molar-refractivity contribution in [2.45, 2.75) is 13.0 Å². The number of hydrogen-bond acceptors (Lipinski definition) is 8. The second-order valence-corrected chi connectivity index (χ2v) is 5.30. The zero-order valence-electron chi connectivity index (χ0n) is 11.7. The lowest BCUT2D eigenvalue weighted by atomic mass is 10.2. The smallest absolute Gasteiger partial charge is 0.344 e. The van der Waals surface area contributed by atoms with Gasteiger partial charge in [0.25, 0.3) is 0 Å². The standard InChI is InChI=1S/C12H20N4O3S/c1-3-16-4-5-19-8(7-16)6-14-11-9(12(17)18-2)10(13)15-20-11/h8,14H,3-7H2,1-2H3,(H2,13,15). The molecule has 1 fully saturated rings. The lowest BCUT2D eigenvalue weighted by Gasteiger charge is -2.32. The summed E-state index contributed by atoms with van der Waals surface area (Å²) >= 11 is 1.16. The number of nitrogens with two attached hydrogens (primary N) is 1. The Bertz CT molecular complexity index is 466. The second kappa shape index (κ2) is 6.87. The van der Waals surface area contributed by atoms with Gasteiger partial charge >= 0.3 is 5.97 Å². The molecule has 1 aromatic rings. The quantitative estimate of drug-likeness (QED) is 0.771. The Balaban J connectivity index is 1.95. The average Bonchev–Trinajstić information content (AvgIpc) is 2.85. The van der Waals surface area contributed by atoms with Crippen molar-refractivity contribution in [3.05, 3.63) is 5.56 Å². The molecule has 112 valence electrons. The molecule has 0 aliphatic carbocycles. The van der Waals surface area contributed by atoms with Gasteiger partial charge in [-0.25, -0.2) is 4.79 Å². The largest absolute Gasteiger partial charge is 0.465 e. The van der Waals surface area contributed by atoms with E-state index in [1.54, 1.807) is 0 Å². The van der Waals surface area contributed by atoms with Gasteiger partial charge in [-0.2, -0.15) is 4.37 Å². The maximum Gasteiger partial charge on any atom is 0.344 e. The third-order valence-electron chi connectivity index (χ3n) is 3.27. The molecule has 0 radical (unpaired) electrons. The van der Waals surface area contributed by atoms with Gasteiger partial charge in [0.1, 0.15) is 10.6 Å². The molecule has 1 aliphatic rings. The van der Waals surface area contributed by atoms with Crippen LogP contribution in [0.2, 0.25) is 0 Å². The number of hydrogen-bond donors (Lipinski definition) is 2. The summed E-state index contributed by atoms with van der Waals surface area (Å²) in [4.78, 5) is 14.0. The highest BCUT2D eigenvalue weighted by molar-refractivity contribution is 7.11. The molecule has 8 heteroatoms. The minimum Gasteiger partial charge on any atom is -0.465 e. The molecular weight excluding hydrogens is 280 g/mol. The number of aromatic nitrogens is 1. The molecule has 2 rings (SSSR count). The van der Waals surface area contributed by atoms with Gasteiger partial charge in [0, 0.05) is 19.6 Å². The average molecular weight is 300 g/mol. The highest BCUT2D eigenvalue weighted by atomic mass is 32.1. The number of methoxy groups -OCH3 is 1. The number of carbonyl (C=O) groups excluding carboxylic acids is 1. The van der Waals surface area contributed by atoms with Crippen LogP contribution in [0.25, 0.3) is 0 Å². The first kappa shape index (κ1) is 15.0. The van der Waals surface area contributed by atoms with Gasteiger partial charge in [-0.3, -0.25) is 4.90 Å². The molecule has 0 aromatic carbocycles. The Labute approximate surface area is 122 Å². The second-order valence-electron chi connectivity index (χ2n) is 4.53. The summed E-state index contributed by atoms with van der Waals surface area (Å²) in [6, 6.07) is 0. The van der Waals surface area contributed by atoms with Crippen LogP contribution in [-0.4, -0.2) is 61.2 Å². The van der Waals surface area contributed by atoms with Crippen LogP contribution in [0.3, 0.4) is 0 Å². The predicted molar refractivity (Wildman–Crippen MR) is 78.2 cm³/mol. The molecular formula is C12H20N4O3S. The zero-order chi connectivity index (χ0) is 14.5. The number of carbonyl (C=O) groups is 1. The maximum absolute atomic E-state index is 11.7. The number of likely N-dealkylation sites (N-methyl/N-ethyl adjacent to an activating group) is 1. The summed E-state index contributed by atoms with van der Waals surface area (Å²) in [5, 5.41) is 3.82. The van der Waals surface area contributed by atoms with E-state index in [-0.39, 0.29) is 11.9 Å². The van der Waals surface area contributed by atoms with Crippen LogP contribution in [0, 0.1) is 0 Å². The van der Waals surface area contributed by atoms with Crippen LogP contribution >= 0.6 is 11.5 Å². The Morgan fingerprint density at radius 3 is 3.20 bits per heavy atom. The number of anilines is 2. The number of esters is 1. The van der Waals surface area contributed by atoms with Crippen molar-refractivity contribution >= 4 is 28.3 Å². The van der Waals surface area contributed by atoms with Crippen molar-refractivity contribution < 1.29 is 14.3 Å². The Morgan fingerprint density at radius 2 is 2.50 bits per heavy atom. The molecule has 3 N–H and O–H groups in total. The number of nitrogens with zero attached hydrogens (tertiary/aromatic N) is 2. The van der Waals surface area contributed by atoms with Crippen LogP contribution in [0.5, 0.6) is 0 Å². The molecule has 1 atom stereocenters. The van der Waals surface area contributed by atoms with Gasteiger partial charge in [0.05, 0.1) is 19.8 Å². The topological polar surface area (TPSA) is 89.7 Å². The van der Waals surface area contributed by atoms with Gasteiger partial charge < -0.3 is 20.5 Å². The summed E-state index contributed by atoms with van der Waals surface area (Å²) in [5.41, 5.74) is 6.00. The van der Waals surface area contributed by atoms with Crippen LogP contribution in [0.15, 0.2) is 0 Å². The molecule has 0 amide bonds. The van der Waals surface area contributed by atoms with E-state index in [1.807, 2.05) is 0 Å². The highest BCUT2D eigenvalue weighted by Crippen LogP contribution is 2.27. The minimum atomic E-state index is -0.474. The zero-order valence-corrected chi connectivity index (χ0v) is 12.5. The fourth-order valence-corrected chi connectivity index (χ4v) is 2.83. The van der Waals surface area contributed by atoms with E-state index >= 15 is 0 Å². The summed E-state index contributed by atoms with van der Waals surface area (Å²) in [5.74, 6) is -0.275. The summed E-state index contributed by atoms with van der Waals surface area (Å²) in [6.07, 6.45) is 0.0949. The van der Waals surface area contributed by atoms with Gasteiger partial charge in [0.15, 0.2) is 5.82 Å². The van der Waals surface area contributed by atoms with Crippen molar-refractivity contribution in [3.63, 3.8) is 0 Å². The Morgan fingerprint density at radius 1 is 1.70 bits per heavy atom. The van der Waals surface area contributed by atoms with Crippen LogP contribution in [-0.2, 0) is 9.47 Å². The number of nitrogen functional groups attached to an aromatic ring is 1. The highest BCUT2D eigenvalue weighted by Gasteiger charge is 2.23. The molecule has 2 heterocycles. The monoisotopic (exact) mass is 300 g/mol. The molecule has 20 heavy (non-hydrogen) atoms. The summed E-state index contributed by atoms with van der Waals surface area (Å²) < 4.78 is 14.4. The third-order valence-corrected chi connectivity index (χ3v) is 4.09. The maximum atomic E-state index is 11.7. The summed E-state index contributed by atoms with van der Waals surface area (Å²) in [7, 11) is 1.33. The first-order valence-electron chi connectivity index (χ1n) is 6.57. The van der Waals surface area contributed by atoms with E-state index in [0.29, 0.717) is 17.1 Å². The molecule has 1 saturated heterocycles. The van der Waals surface area contributed by atoms with E-state index in [4.69, 9.17) is 15.2 Å². The van der Waals surface area contributed by atoms with Crippen molar-refractivity contribution in [1.29, 1.82) is 0 Å². The molecule has 1 aliphatic heterocycles. The number of rotatable bonds is 5. The van der Waals surface area contributed by atoms with Gasteiger partial charge in [-0.1, -0.05) is 6.92 Å². The van der Waals surface area contributed by atoms with Crippen molar-refractivity contribution in [3.8, 4) is 0 Å². The first-order chi connectivity index (χ1) is 9.65. The molecule has 1 unspecified atom stereocenters. The fraction of sp³-hybridized carbons (Fsp3) is 0.667. The van der Waals surface area contributed by atoms with Crippen molar-refractivity contribution in [1.82, 2.24) is 9.27 Å². The number of nitrogens with one attached hydrogen (secondary N) is 1. The van der Waals surface area contributed by atoms with Crippen molar-refractivity contribution in [2.24, 2.45) is 0 Å². The number of morpholine rings is 1. The molecule has 7 nitrogen and oxygen atoms in total. The van der Waals surface area contributed by atoms with E-state index in [2.05, 4.69) is 21.5 Å². The van der Waals surface area contributed by atoms with Crippen LogP contribution in [0.4, 0.5) is 10.8 Å². The third kappa shape index (κ3) is 3.38. The van der Waals surface area contributed by atoms with Gasteiger partial charge in [-0.05, 0) is 18.1 Å². The number of ether oxygens (including phenoxy) is 2. The SMILES string of the molecule is CCN1CCOC(CNc2snc(N)c2C(=O)OC)C1. The van der Waals surface area contributed by atoms with Crippen LogP contribution in [0.1, 0.15) is 17.3 Å². The molecule has 1 aromatic heterocycles. The molecule has 0 bridgehead atoms. The Kier molecular flexibility index (Phi) is 5.16. The van der Waals surface area contributed by atoms with Crippen molar-refractivity contribution in [2.75, 3.05) is 50.9 Å². The van der Waals surface area contributed by atoms with E-state index in [0.717, 1.165) is 37.8 Å². The Hall–Kier alpha value is -1.38. The minimum absolute atomic E-state index is 0.0949. The van der Waals surface area contributed by atoms with Crippen LogP contribution < -0.4 is 11.1 Å². The van der Waals surface area contributed by atoms with E-state index < -0.39 is 5.97 Å². The lowest BCUT2D eigenvalue weighted by Crippen LogP contribution is -2.45. The van der Waals surface area contributed by atoms with Gasteiger partial charge in [-0.15, -0.1) is 0 Å². The lowest BCUT2D eigenvalue weighted by molar-refractivity contribution is -0.0191. The predicted octanol–water partition coefficient (Wildman–Crippen LogP) is 0.645. The summed E-state index contributed by atoms with van der Waals surface area (Å²) in [6.45, 7) is 6.34. The fourth-order valence-electron chi connectivity index (χ4n) is 2.12. The first-order valence-corrected chi connectivity index (χ1v) is 7.34. The van der Waals surface area contributed by atoms with E-state index in [1.165, 1.54) is 7.11 Å². The van der Waals surface area contributed by atoms with Gasteiger partial charge in [0.2, 0.25) is 0 Å². The van der Waals surface area contributed by atoms with E-state index in [9.17, 15) is 4.79 Å².